The molecule has 2 aromatic rings. The highest BCUT2D eigenvalue weighted by Gasteiger charge is 2.05. The SMILES string of the molecule is CCCCCCOc1ccc(OCCCCCC)c(/C=C/c2ccc(I)s2)c1. The smallest absolute Gasteiger partial charge is 0.126 e. The number of halogens is 1. The van der Waals surface area contributed by atoms with Crippen molar-refractivity contribution in [3.63, 3.8) is 0 Å². The van der Waals surface area contributed by atoms with Gasteiger partial charge in [0.15, 0.2) is 0 Å². The molecular formula is C24H33IO2S. The highest BCUT2D eigenvalue weighted by molar-refractivity contribution is 14.1. The Kier molecular flexibility index (Phi) is 11.7. The minimum absolute atomic E-state index is 0.773. The van der Waals surface area contributed by atoms with Gasteiger partial charge in [0.1, 0.15) is 11.5 Å². The second kappa shape index (κ2) is 14.0. The van der Waals surface area contributed by atoms with E-state index in [0.29, 0.717) is 0 Å². The normalized spacial score (nSPS) is 11.2. The van der Waals surface area contributed by atoms with E-state index in [0.717, 1.165) is 43.1 Å². The van der Waals surface area contributed by atoms with Crippen molar-refractivity contribution in [3.05, 3.63) is 43.7 Å². The van der Waals surface area contributed by atoms with E-state index in [9.17, 15) is 0 Å². The summed E-state index contributed by atoms with van der Waals surface area (Å²) >= 11 is 4.15. The number of ether oxygens (including phenoxy) is 2. The molecule has 0 amide bonds. The molecule has 1 heterocycles. The number of benzene rings is 1. The molecule has 0 saturated heterocycles. The largest absolute Gasteiger partial charge is 0.494 e. The average molecular weight is 512 g/mol. The molecule has 0 bridgehead atoms. The molecule has 28 heavy (non-hydrogen) atoms. The standard InChI is InChI=1S/C24H33IO2S/c1-3-5-7-9-17-26-21-12-15-23(27-18-10-8-6-4-2)20(19-21)11-13-22-14-16-24(25)28-22/h11-16,19H,3-10,17-18H2,1-2H3/b13-11+. The number of hydrogen-bond donors (Lipinski definition) is 0. The Hall–Kier alpha value is -1.01. The minimum Gasteiger partial charge on any atom is -0.494 e. The van der Waals surface area contributed by atoms with E-state index in [4.69, 9.17) is 9.47 Å². The zero-order chi connectivity index (χ0) is 20.0. The second-order valence-electron chi connectivity index (χ2n) is 6.99. The van der Waals surface area contributed by atoms with Gasteiger partial charge in [0.05, 0.1) is 16.1 Å². The molecule has 0 saturated carbocycles. The van der Waals surface area contributed by atoms with Crippen LogP contribution in [0.25, 0.3) is 12.2 Å². The first-order valence-corrected chi connectivity index (χ1v) is 12.5. The van der Waals surface area contributed by atoms with E-state index in [-0.39, 0.29) is 0 Å². The summed E-state index contributed by atoms with van der Waals surface area (Å²) in [5.74, 6) is 1.87. The lowest BCUT2D eigenvalue weighted by Gasteiger charge is -2.12. The fourth-order valence-electron chi connectivity index (χ4n) is 2.90. The van der Waals surface area contributed by atoms with E-state index in [1.165, 1.54) is 46.3 Å². The molecule has 0 radical (unpaired) electrons. The summed E-state index contributed by atoms with van der Waals surface area (Å²) in [5, 5.41) is 0. The molecule has 0 spiro atoms. The number of hydrogen-bond acceptors (Lipinski definition) is 3. The Bertz CT molecular complexity index is 708. The molecule has 0 aliphatic heterocycles. The Balaban J connectivity index is 2.01. The third kappa shape index (κ3) is 8.99. The molecule has 0 aliphatic carbocycles. The first kappa shape index (κ1) is 23.3. The minimum atomic E-state index is 0.773. The lowest BCUT2D eigenvalue weighted by molar-refractivity contribution is 0.296. The van der Waals surface area contributed by atoms with E-state index < -0.39 is 0 Å². The van der Waals surface area contributed by atoms with E-state index in [2.05, 4.69) is 72.9 Å². The number of thiophene rings is 1. The van der Waals surface area contributed by atoms with Gasteiger partial charge in [0, 0.05) is 10.4 Å². The quantitative estimate of drug-likeness (QED) is 0.187. The van der Waals surface area contributed by atoms with E-state index >= 15 is 0 Å². The summed E-state index contributed by atoms with van der Waals surface area (Å²) in [4.78, 5) is 1.25. The van der Waals surface area contributed by atoms with Gasteiger partial charge in [-0.15, -0.1) is 11.3 Å². The van der Waals surface area contributed by atoms with Crippen molar-refractivity contribution in [3.8, 4) is 11.5 Å². The predicted molar refractivity (Wildman–Crippen MR) is 132 cm³/mol. The van der Waals surface area contributed by atoms with Crippen molar-refractivity contribution in [1.29, 1.82) is 0 Å². The molecule has 1 aromatic carbocycles. The van der Waals surface area contributed by atoms with Crippen molar-refractivity contribution in [2.24, 2.45) is 0 Å². The Morgan fingerprint density at radius 2 is 1.54 bits per heavy atom. The molecule has 1 aromatic heterocycles. The van der Waals surface area contributed by atoms with Crippen molar-refractivity contribution in [2.75, 3.05) is 13.2 Å². The van der Waals surface area contributed by atoms with Crippen LogP contribution in [0.3, 0.4) is 0 Å². The Morgan fingerprint density at radius 3 is 2.18 bits per heavy atom. The highest BCUT2D eigenvalue weighted by atomic mass is 127. The third-order valence-corrected chi connectivity index (χ3v) is 6.38. The summed E-state index contributed by atoms with van der Waals surface area (Å²) in [6, 6.07) is 10.5. The first-order valence-electron chi connectivity index (χ1n) is 10.6. The van der Waals surface area contributed by atoms with Gasteiger partial charge in [0.25, 0.3) is 0 Å². The van der Waals surface area contributed by atoms with Crippen LogP contribution in [0.2, 0.25) is 0 Å². The molecule has 0 unspecified atom stereocenters. The number of rotatable bonds is 14. The highest BCUT2D eigenvalue weighted by Crippen LogP contribution is 2.28. The van der Waals surface area contributed by atoms with Crippen LogP contribution in [0.1, 0.15) is 75.7 Å². The monoisotopic (exact) mass is 512 g/mol. The molecule has 4 heteroatoms. The Morgan fingerprint density at radius 1 is 0.821 bits per heavy atom. The summed E-state index contributed by atoms with van der Waals surface area (Å²) in [6.45, 7) is 6.02. The fraction of sp³-hybridized carbons (Fsp3) is 0.500. The van der Waals surface area contributed by atoms with Crippen LogP contribution in [0.15, 0.2) is 30.3 Å². The zero-order valence-corrected chi connectivity index (χ0v) is 20.2. The van der Waals surface area contributed by atoms with Gasteiger partial charge < -0.3 is 9.47 Å². The van der Waals surface area contributed by atoms with Crippen LogP contribution in [-0.2, 0) is 0 Å². The molecule has 0 N–H and O–H groups in total. The zero-order valence-electron chi connectivity index (χ0n) is 17.2. The van der Waals surface area contributed by atoms with Gasteiger partial charge in [0.2, 0.25) is 0 Å². The summed E-state index contributed by atoms with van der Waals surface area (Å²) < 4.78 is 13.4. The predicted octanol–water partition coefficient (Wildman–Crippen LogP) is 8.44. The first-order chi connectivity index (χ1) is 13.7. The van der Waals surface area contributed by atoms with E-state index in [1.807, 2.05) is 6.07 Å². The molecular weight excluding hydrogens is 479 g/mol. The maximum absolute atomic E-state index is 6.09. The van der Waals surface area contributed by atoms with Crippen molar-refractivity contribution in [2.45, 2.75) is 65.2 Å². The lowest BCUT2D eigenvalue weighted by atomic mass is 10.1. The third-order valence-electron chi connectivity index (χ3n) is 4.52. The summed E-state index contributed by atoms with van der Waals surface area (Å²) in [6.07, 6.45) is 14.1. The second-order valence-corrected chi connectivity index (χ2v) is 10.0. The molecule has 0 atom stereocenters. The van der Waals surface area contributed by atoms with Crippen molar-refractivity contribution < 1.29 is 9.47 Å². The maximum atomic E-state index is 6.09. The van der Waals surface area contributed by atoms with E-state index in [1.54, 1.807) is 11.3 Å². The summed E-state index contributed by atoms with van der Waals surface area (Å²) in [5.41, 5.74) is 1.09. The lowest BCUT2D eigenvalue weighted by Crippen LogP contribution is -2.01. The van der Waals surface area contributed by atoms with Crippen LogP contribution in [-0.4, -0.2) is 13.2 Å². The molecule has 154 valence electrons. The van der Waals surface area contributed by atoms with Gasteiger partial charge in [-0.1, -0.05) is 52.4 Å². The molecule has 0 aliphatic rings. The van der Waals surface area contributed by atoms with Gasteiger partial charge in [-0.3, -0.25) is 0 Å². The molecule has 2 nitrogen and oxygen atoms in total. The molecule has 2 rings (SSSR count). The van der Waals surface area contributed by atoms with Gasteiger partial charge in [-0.2, -0.15) is 0 Å². The van der Waals surface area contributed by atoms with Crippen LogP contribution in [0, 0.1) is 2.88 Å². The topological polar surface area (TPSA) is 18.5 Å². The molecule has 0 fully saturated rings. The maximum Gasteiger partial charge on any atom is 0.126 e. The van der Waals surface area contributed by atoms with Crippen LogP contribution in [0.4, 0.5) is 0 Å². The van der Waals surface area contributed by atoms with Crippen molar-refractivity contribution >= 4 is 46.1 Å². The van der Waals surface area contributed by atoms with Crippen LogP contribution < -0.4 is 9.47 Å². The van der Waals surface area contributed by atoms with Crippen LogP contribution in [0.5, 0.6) is 11.5 Å². The van der Waals surface area contributed by atoms with Gasteiger partial charge >= 0.3 is 0 Å². The Labute approximate surface area is 188 Å². The van der Waals surface area contributed by atoms with Gasteiger partial charge in [-0.05, 0) is 77.9 Å². The van der Waals surface area contributed by atoms with Crippen LogP contribution >= 0.6 is 33.9 Å². The summed E-state index contributed by atoms with van der Waals surface area (Å²) in [7, 11) is 0. The number of unbranched alkanes of at least 4 members (excludes halogenated alkanes) is 6. The fourth-order valence-corrected chi connectivity index (χ4v) is 4.47. The van der Waals surface area contributed by atoms with Gasteiger partial charge in [-0.25, -0.2) is 0 Å². The average Bonchev–Trinajstić information content (AvgIpc) is 3.12. The van der Waals surface area contributed by atoms with Crippen molar-refractivity contribution in [1.82, 2.24) is 0 Å².